The van der Waals surface area contributed by atoms with E-state index in [2.05, 4.69) is 13.8 Å². The SMILES string of the molecule is CC(C)c1ccc(/C=C(\C#N)C(=O)OCC(=O)N(Cc2ccccc2F)C2CC2)cc1. The number of nitrogens with zero attached hydrogens (tertiary/aromatic N) is 2. The Labute approximate surface area is 181 Å². The van der Waals surface area contributed by atoms with Crippen LogP contribution in [0.15, 0.2) is 54.1 Å². The lowest BCUT2D eigenvalue weighted by Gasteiger charge is -2.22. The summed E-state index contributed by atoms with van der Waals surface area (Å²) < 4.78 is 19.1. The number of carbonyl (C=O) groups is 2. The number of carbonyl (C=O) groups excluding carboxylic acids is 2. The first kappa shape index (κ1) is 22.2. The normalized spacial score (nSPS) is 13.6. The van der Waals surface area contributed by atoms with Crippen LogP contribution in [0.4, 0.5) is 4.39 Å². The molecule has 0 atom stereocenters. The van der Waals surface area contributed by atoms with Crippen molar-refractivity contribution >= 4 is 18.0 Å². The number of amides is 1. The zero-order valence-corrected chi connectivity index (χ0v) is 17.7. The summed E-state index contributed by atoms with van der Waals surface area (Å²) in [5.41, 5.74) is 2.08. The molecule has 2 aromatic carbocycles. The fourth-order valence-electron chi connectivity index (χ4n) is 3.19. The summed E-state index contributed by atoms with van der Waals surface area (Å²) in [5.74, 6) is -1.26. The fourth-order valence-corrected chi connectivity index (χ4v) is 3.19. The minimum atomic E-state index is -0.856. The molecule has 0 heterocycles. The first-order chi connectivity index (χ1) is 14.9. The molecule has 1 fully saturated rings. The molecule has 6 heteroatoms. The maximum absolute atomic E-state index is 14.0. The highest BCUT2D eigenvalue weighted by Gasteiger charge is 2.33. The van der Waals surface area contributed by atoms with Crippen LogP contribution in [0, 0.1) is 17.1 Å². The molecule has 0 aromatic heterocycles. The van der Waals surface area contributed by atoms with Gasteiger partial charge >= 0.3 is 5.97 Å². The van der Waals surface area contributed by atoms with Gasteiger partial charge in [0.2, 0.25) is 0 Å². The first-order valence-corrected chi connectivity index (χ1v) is 10.3. The van der Waals surface area contributed by atoms with Gasteiger partial charge in [0.05, 0.1) is 0 Å². The summed E-state index contributed by atoms with van der Waals surface area (Å²) in [7, 11) is 0. The Morgan fingerprint density at radius 3 is 2.45 bits per heavy atom. The lowest BCUT2D eigenvalue weighted by molar-refractivity contribution is -0.149. The molecule has 0 spiro atoms. The van der Waals surface area contributed by atoms with Gasteiger partial charge in [0.15, 0.2) is 6.61 Å². The summed E-state index contributed by atoms with van der Waals surface area (Å²) in [6, 6.07) is 15.7. The number of esters is 1. The predicted molar refractivity (Wildman–Crippen MR) is 115 cm³/mol. The zero-order valence-electron chi connectivity index (χ0n) is 17.7. The van der Waals surface area contributed by atoms with Crippen LogP contribution in [0.3, 0.4) is 0 Å². The third-order valence-electron chi connectivity index (χ3n) is 5.19. The number of benzene rings is 2. The van der Waals surface area contributed by atoms with Crippen LogP contribution in [0.2, 0.25) is 0 Å². The summed E-state index contributed by atoms with van der Waals surface area (Å²) >= 11 is 0. The van der Waals surface area contributed by atoms with Gasteiger partial charge in [-0.2, -0.15) is 5.26 Å². The second kappa shape index (κ2) is 10.0. The number of hydrogen-bond acceptors (Lipinski definition) is 4. The van der Waals surface area contributed by atoms with Gasteiger partial charge in [-0.1, -0.05) is 56.3 Å². The number of hydrogen-bond donors (Lipinski definition) is 0. The minimum absolute atomic E-state index is 0.0243. The van der Waals surface area contributed by atoms with E-state index in [-0.39, 0.29) is 24.0 Å². The third-order valence-corrected chi connectivity index (χ3v) is 5.19. The van der Waals surface area contributed by atoms with Gasteiger partial charge in [0, 0.05) is 18.2 Å². The van der Waals surface area contributed by atoms with Crippen LogP contribution in [-0.2, 0) is 20.9 Å². The Morgan fingerprint density at radius 2 is 1.87 bits per heavy atom. The second-order valence-electron chi connectivity index (χ2n) is 7.91. The topological polar surface area (TPSA) is 70.4 Å². The molecular weight excluding hydrogens is 395 g/mol. The Hall–Kier alpha value is -3.46. The van der Waals surface area contributed by atoms with E-state index in [4.69, 9.17) is 4.74 Å². The molecule has 0 saturated heterocycles. The number of rotatable bonds is 8. The Kier molecular flexibility index (Phi) is 7.19. The molecule has 1 aliphatic rings. The molecule has 31 heavy (non-hydrogen) atoms. The van der Waals surface area contributed by atoms with Crippen LogP contribution < -0.4 is 0 Å². The number of halogens is 1. The van der Waals surface area contributed by atoms with E-state index in [1.807, 2.05) is 30.3 Å². The van der Waals surface area contributed by atoms with Crippen LogP contribution in [0.25, 0.3) is 6.08 Å². The molecule has 2 aromatic rings. The van der Waals surface area contributed by atoms with Gasteiger partial charge in [-0.15, -0.1) is 0 Å². The van der Waals surface area contributed by atoms with Crippen molar-refractivity contribution in [2.45, 2.75) is 45.2 Å². The van der Waals surface area contributed by atoms with Crippen molar-refractivity contribution in [3.63, 3.8) is 0 Å². The van der Waals surface area contributed by atoms with Crippen molar-refractivity contribution in [3.8, 4) is 6.07 Å². The fraction of sp³-hybridized carbons (Fsp3) is 0.320. The Balaban J connectivity index is 1.62. The van der Waals surface area contributed by atoms with Crippen LogP contribution in [0.1, 0.15) is 49.3 Å². The van der Waals surface area contributed by atoms with Crippen LogP contribution >= 0.6 is 0 Å². The summed E-state index contributed by atoms with van der Waals surface area (Å²) in [4.78, 5) is 26.5. The van der Waals surface area contributed by atoms with E-state index in [0.717, 1.165) is 18.4 Å². The summed E-state index contributed by atoms with van der Waals surface area (Å²) in [6.07, 6.45) is 3.11. The van der Waals surface area contributed by atoms with Gasteiger partial charge < -0.3 is 9.64 Å². The highest BCUT2D eigenvalue weighted by Crippen LogP contribution is 2.29. The predicted octanol–water partition coefficient (Wildman–Crippen LogP) is 4.59. The molecule has 3 rings (SSSR count). The third kappa shape index (κ3) is 6.02. The first-order valence-electron chi connectivity index (χ1n) is 10.3. The Morgan fingerprint density at radius 1 is 1.19 bits per heavy atom. The Bertz CT molecular complexity index is 1020. The molecular formula is C25H25FN2O3. The molecule has 1 saturated carbocycles. The van der Waals surface area contributed by atoms with Gasteiger partial charge in [0.1, 0.15) is 17.5 Å². The molecule has 0 radical (unpaired) electrons. The molecule has 5 nitrogen and oxygen atoms in total. The molecule has 160 valence electrons. The monoisotopic (exact) mass is 420 g/mol. The minimum Gasteiger partial charge on any atom is -0.451 e. The summed E-state index contributed by atoms with van der Waals surface area (Å²) in [5, 5.41) is 9.34. The maximum Gasteiger partial charge on any atom is 0.349 e. The largest absolute Gasteiger partial charge is 0.451 e. The van der Waals surface area contributed by atoms with Crippen LogP contribution in [-0.4, -0.2) is 29.4 Å². The van der Waals surface area contributed by atoms with Crippen LogP contribution in [0.5, 0.6) is 0 Å². The molecule has 1 aliphatic carbocycles. The standard InChI is InChI=1S/C25H25FN2O3/c1-17(2)19-9-7-18(8-10-19)13-21(14-27)25(30)31-16-24(29)28(22-11-12-22)15-20-5-3-4-6-23(20)26/h3-10,13,17,22H,11-12,15-16H2,1-2H3/b21-13+. The molecule has 0 unspecified atom stereocenters. The average molecular weight is 420 g/mol. The summed E-state index contributed by atoms with van der Waals surface area (Å²) in [6.45, 7) is 3.79. The quantitative estimate of drug-likeness (QED) is 0.356. The highest BCUT2D eigenvalue weighted by atomic mass is 19.1. The lowest BCUT2D eigenvalue weighted by atomic mass is 10.0. The van der Waals surface area contributed by atoms with E-state index in [1.165, 1.54) is 17.0 Å². The van der Waals surface area contributed by atoms with Crippen molar-refractivity contribution in [2.75, 3.05) is 6.61 Å². The van der Waals surface area contributed by atoms with Crippen molar-refractivity contribution in [1.82, 2.24) is 4.90 Å². The molecule has 0 N–H and O–H groups in total. The van der Waals surface area contributed by atoms with Crippen molar-refractivity contribution < 1.29 is 18.7 Å². The van der Waals surface area contributed by atoms with E-state index >= 15 is 0 Å². The van der Waals surface area contributed by atoms with E-state index in [1.54, 1.807) is 18.2 Å². The smallest absolute Gasteiger partial charge is 0.349 e. The van der Waals surface area contributed by atoms with Gasteiger partial charge in [-0.3, -0.25) is 4.79 Å². The molecule has 1 amide bonds. The van der Waals surface area contributed by atoms with Crippen molar-refractivity contribution in [2.24, 2.45) is 0 Å². The zero-order chi connectivity index (χ0) is 22.4. The number of nitriles is 1. The molecule has 0 bridgehead atoms. The van der Waals surface area contributed by atoms with Gasteiger partial charge in [-0.25, -0.2) is 9.18 Å². The van der Waals surface area contributed by atoms with Gasteiger partial charge in [0.25, 0.3) is 5.91 Å². The van der Waals surface area contributed by atoms with Crippen molar-refractivity contribution in [3.05, 3.63) is 76.6 Å². The van der Waals surface area contributed by atoms with E-state index in [0.29, 0.717) is 17.0 Å². The lowest BCUT2D eigenvalue weighted by Crippen LogP contribution is -2.36. The maximum atomic E-state index is 14.0. The highest BCUT2D eigenvalue weighted by molar-refractivity contribution is 5.98. The average Bonchev–Trinajstić information content (AvgIpc) is 3.60. The second-order valence-corrected chi connectivity index (χ2v) is 7.91. The van der Waals surface area contributed by atoms with Gasteiger partial charge in [-0.05, 0) is 42.0 Å². The number of ether oxygens (including phenoxy) is 1. The molecule has 0 aliphatic heterocycles. The van der Waals surface area contributed by atoms with E-state index in [9.17, 15) is 19.2 Å². The van der Waals surface area contributed by atoms with E-state index < -0.39 is 18.5 Å². The van der Waals surface area contributed by atoms with Crippen molar-refractivity contribution in [1.29, 1.82) is 5.26 Å².